The molecule has 4 heteroatoms. The molecule has 150 valence electrons. The lowest BCUT2D eigenvalue weighted by Crippen LogP contribution is -2.33. The molecule has 0 aromatic heterocycles. The first-order chi connectivity index (χ1) is 14.8. The molecule has 0 radical (unpaired) electrons. The summed E-state index contributed by atoms with van der Waals surface area (Å²) < 4.78 is 10.9. The predicted octanol–water partition coefficient (Wildman–Crippen LogP) is 2.11. The van der Waals surface area contributed by atoms with E-state index in [0.29, 0.717) is 12.5 Å². The number of rotatable bonds is 6. The number of hydrogen-bond donors (Lipinski definition) is 0. The van der Waals surface area contributed by atoms with Gasteiger partial charge in [-0.05, 0) is 28.6 Å². The van der Waals surface area contributed by atoms with E-state index in [2.05, 4.69) is 77.5 Å². The van der Waals surface area contributed by atoms with Crippen molar-refractivity contribution in [2.75, 3.05) is 26.7 Å². The highest BCUT2D eigenvalue weighted by Gasteiger charge is 2.11. The Hall–Kier alpha value is -2.87. The largest absolute Gasteiger partial charge is 0.387 e. The van der Waals surface area contributed by atoms with Crippen LogP contribution in [-0.2, 0) is 9.47 Å². The number of methoxy groups -OCH3 is 2. The highest BCUT2D eigenvalue weighted by atomic mass is 28.3. The summed E-state index contributed by atoms with van der Waals surface area (Å²) in [6, 6.07) is 29.1. The van der Waals surface area contributed by atoms with E-state index >= 15 is 0 Å². The third-order valence-electron chi connectivity index (χ3n) is 4.71. The molecule has 0 aliphatic heterocycles. The first-order valence-corrected chi connectivity index (χ1v) is 14.0. The SMILES string of the molecule is COC[SiH](C#Cc1cccc(C#C[SiH](COC)c2ccccc2)c1)c1ccccc1. The third kappa shape index (κ3) is 6.59. The third-order valence-corrected chi connectivity index (χ3v) is 9.41. The van der Waals surface area contributed by atoms with Crippen LogP contribution in [0, 0.1) is 22.9 Å². The van der Waals surface area contributed by atoms with Crippen molar-refractivity contribution in [2.45, 2.75) is 0 Å². The summed E-state index contributed by atoms with van der Waals surface area (Å²) in [5.41, 5.74) is 8.98. The van der Waals surface area contributed by atoms with Crippen molar-refractivity contribution in [2.24, 2.45) is 0 Å². The van der Waals surface area contributed by atoms with Crippen LogP contribution in [0.15, 0.2) is 84.9 Å². The van der Waals surface area contributed by atoms with E-state index in [-0.39, 0.29) is 0 Å². The molecule has 2 unspecified atom stereocenters. The summed E-state index contributed by atoms with van der Waals surface area (Å²) in [6.45, 7) is 0. The monoisotopic (exact) mass is 426 g/mol. The van der Waals surface area contributed by atoms with Crippen molar-refractivity contribution in [1.29, 1.82) is 0 Å². The second kappa shape index (κ2) is 12.0. The van der Waals surface area contributed by atoms with Gasteiger partial charge in [-0.1, -0.05) is 78.6 Å². The van der Waals surface area contributed by atoms with Gasteiger partial charge in [-0.2, -0.15) is 0 Å². The normalized spacial score (nSPS) is 12.1. The number of benzene rings is 3. The van der Waals surface area contributed by atoms with E-state index in [1.807, 2.05) is 30.3 Å². The summed E-state index contributed by atoms with van der Waals surface area (Å²) in [5.74, 6) is 6.73. The maximum Gasteiger partial charge on any atom is 0.180 e. The van der Waals surface area contributed by atoms with Gasteiger partial charge in [0.2, 0.25) is 0 Å². The molecule has 0 aliphatic carbocycles. The van der Waals surface area contributed by atoms with Crippen molar-refractivity contribution in [3.63, 3.8) is 0 Å². The van der Waals surface area contributed by atoms with E-state index in [4.69, 9.17) is 9.47 Å². The van der Waals surface area contributed by atoms with Gasteiger partial charge in [0.25, 0.3) is 0 Å². The van der Waals surface area contributed by atoms with Crippen molar-refractivity contribution in [1.82, 2.24) is 0 Å². The van der Waals surface area contributed by atoms with Gasteiger partial charge in [0.15, 0.2) is 17.6 Å². The fraction of sp³-hybridized carbons (Fsp3) is 0.154. The van der Waals surface area contributed by atoms with Gasteiger partial charge in [-0.25, -0.2) is 0 Å². The highest BCUT2D eigenvalue weighted by molar-refractivity contribution is 6.81. The smallest absolute Gasteiger partial charge is 0.180 e. The van der Waals surface area contributed by atoms with Crippen LogP contribution < -0.4 is 10.4 Å². The molecule has 0 amide bonds. The Balaban J connectivity index is 1.80. The minimum absolute atomic E-state index is 0.706. The van der Waals surface area contributed by atoms with Gasteiger partial charge < -0.3 is 9.47 Å². The molecule has 3 aromatic carbocycles. The molecule has 2 nitrogen and oxygen atoms in total. The van der Waals surface area contributed by atoms with Crippen LogP contribution in [0.5, 0.6) is 0 Å². The van der Waals surface area contributed by atoms with Crippen molar-refractivity contribution >= 4 is 28.0 Å². The Bertz CT molecular complexity index is 961. The predicted molar refractivity (Wildman–Crippen MR) is 130 cm³/mol. The summed E-state index contributed by atoms with van der Waals surface area (Å²) in [6.07, 6.45) is 1.41. The van der Waals surface area contributed by atoms with E-state index in [1.165, 1.54) is 10.4 Å². The first kappa shape index (κ1) is 21.8. The first-order valence-electron chi connectivity index (χ1n) is 10.0. The number of ether oxygens (including phenoxy) is 2. The van der Waals surface area contributed by atoms with Crippen LogP contribution in [0.4, 0.5) is 0 Å². The summed E-state index contributed by atoms with van der Waals surface area (Å²) in [7, 11) is 0.509. The van der Waals surface area contributed by atoms with Gasteiger partial charge >= 0.3 is 0 Å². The minimum Gasteiger partial charge on any atom is -0.387 e. The zero-order chi connectivity index (χ0) is 21.0. The van der Waals surface area contributed by atoms with E-state index < -0.39 is 17.6 Å². The van der Waals surface area contributed by atoms with Crippen LogP contribution in [0.25, 0.3) is 0 Å². The van der Waals surface area contributed by atoms with Crippen molar-refractivity contribution < 1.29 is 9.47 Å². The molecular formula is C26H26O2Si2. The lowest BCUT2D eigenvalue weighted by Gasteiger charge is -2.07. The fourth-order valence-electron chi connectivity index (χ4n) is 3.16. The summed E-state index contributed by atoms with van der Waals surface area (Å²) >= 11 is 0. The topological polar surface area (TPSA) is 18.5 Å². The van der Waals surface area contributed by atoms with Gasteiger partial charge in [-0.3, -0.25) is 0 Å². The molecule has 0 spiro atoms. The molecule has 0 bridgehead atoms. The summed E-state index contributed by atoms with van der Waals surface area (Å²) in [4.78, 5) is 0. The summed E-state index contributed by atoms with van der Waals surface area (Å²) in [5, 5.41) is 2.61. The maximum atomic E-state index is 5.43. The van der Waals surface area contributed by atoms with Crippen LogP contribution >= 0.6 is 0 Å². The molecule has 0 saturated heterocycles. The van der Waals surface area contributed by atoms with E-state index in [1.54, 1.807) is 14.2 Å². The second-order valence-corrected chi connectivity index (χ2v) is 11.7. The van der Waals surface area contributed by atoms with Gasteiger partial charge in [-0.15, -0.1) is 11.1 Å². The quantitative estimate of drug-likeness (QED) is 0.444. The van der Waals surface area contributed by atoms with E-state index in [0.717, 1.165) is 11.1 Å². The Morgan fingerprint density at radius 3 is 1.43 bits per heavy atom. The Morgan fingerprint density at radius 2 is 1.03 bits per heavy atom. The minimum atomic E-state index is -1.49. The molecule has 0 aliphatic rings. The lowest BCUT2D eigenvalue weighted by atomic mass is 10.1. The molecule has 0 saturated carbocycles. The van der Waals surface area contributed by atoms with Crippen LogP contribution in [0.1, 0.15) is 11.1 Å². The van der Waals surface area contributed by atoms with Crippen LogP contribution in [-0.4, -0.2) is 44.3 Å². The maximum absolute atomic E-state index is 5.43. The molecule has 0 N–H and O–H groups in total. The second-order valence-electron chi connectivity index (χ2n) is 6.96. The van der Waals surface area contributed by atoms with Gasteiger partial charge in [0.05, 0.1) is 12.5 Å². The highest BCUT2D eigenvalue weighted by Crippen LogP contribution is 2.03. The average molecular weight is 427 g/mol. The Labute approximate surface area is 183 Å². The molecule has 0 fully saturated rings. The Morgan fingerprint density at radius 1 is 0.600 bits per heavy atom. The zero-order valence-corrected chi connectivity index (χ0v) is 19.8. The zero-order valence-electron chi connectivity index (χ0n) is 17.5. The Kier molecular flexibility index (Phi) is 8.71. The van der Waals surface area contributed by atoms with Gasteiger partial charge in [0.1, 0.15) is 0 Å². The molecule has 3 rings (SSSR count). The van der Waals surface area contributed by atoms with Crippen molar-refractivity contribution in [3.8, 4) is 22.9 Å². The van der Waals surface area contributed by atoms with Gasteiger partial charge in [0, 0.05) is 25.3 Å². The molecule has 2 atom stereocenters. The van der Waals surface area contributed by atoms with E-state index in [9.17, 15) is 0 Å². The molecule has 3 aromatic rings. The number of hydrogen-bond acceptors (Lipinski definition) is 2. The van der Waals surface area contributed by atoms with Crippen LogP contribution in [0.3, 0.4) is 0 Å². The molecular weight excluding hydrogens is 400 g/mol. The standard InChI is InChI=1S/C26H26O2Si2/c1-27-21-29(25-12-5-3-6-13-25)18-16-23-10-9-11-24(20-23)17-19-30(22-28-2)26-14-7-4-8-15-26/h3-15,20,29-30H,21-22H2,1-2H3. The lowest BCUT2D eigenvalue weighted by molar-refractivity contribution is 0.251. The van der Waals surface area contributed by atoms with Crippen LogP contribution in [0.2, 0.25) is 0 Å². The molecule has 0 heterocycles. The average Bonchev–Trinajstić information content (AvgIpc) is 2.81. The molecule has 30 heavy (non-hydrogen) atoms. The van der Waals surface area contributed by atoms with Crippen molar-refractivity contribution in [3.05, 3.63) is 96.1 Å². The fourth-order valence-corrected chi connectivity index (χ4v) is 6.77.